The largest absolute Gasteiger partial charge is 0.374 e. The number of hydrogen-bond acceptors (Lipinski definition) is 6. The summed E-state index contributed by atoms with van der Waals surface area (Å²) in [7, 11) is 0. The third-order valence-corrected chi connectivity index (χ3v) is 4.30. The summed E-state index contributed by atoms with van der Waals surface area (Å²) in [4.78, 5) is 6.82. The third-order valence-electron chi connectivity index (χ3n) is 4.30. The lowest BCUT2D eigenvalue weighted by atomic mass is 10.1. The molecule has 25 heavy (non-hydrogen) atoms. The number of hydrogen-bond donors (Lipinski definition) is 0. The Hall–Kier alpha value is -2.51. The minimum absolute atomic E-state index is 0.122. The summed E-state index contributed by atoms with van der Waals surface area (Å²) in [5.74, 6) is 1.27. The Morgan fingerprint density at radius 2 is 2.12 bits per heavy atom. The number of benzene rings is 1. The van der Waals surface area contributed by atoms with Gasteiger partial charge in [0, 0.05) is 31.0 Å². The van der Waals surface area contributed by atoms with Gasteiger partial charge in [-0.2, -0.15) is 10.1 Å². The summed E-state index contributed by atoms with van der Waals surface area (Å²) in [5.41, 5.74) is 2.16. The van der Waals surface area contributed by atoms with E-state index < -0.39 is 0 Å². The molecule has 1 aliphatic heterocycles. The Bertz CT molecular complexity index is 797. The average molecular weight is 339 g/mol. The summed E-state index contributed by atoms with van der Waals surface area (Å²) < 4.78 is 13.2. The topological polar surface area (TPSA) is 69.2 Å². The van der Waals surface area contributed by atoms with Crippen molar-refractivity contribution < 1.29 is 9.26 Å². The molecule has 0 amide bonds. The van der Waals surface area contributed by atoms with Crippen molar-refractivity contribution in [2.45, 2.75) is 26.1 Å². The highest BCUT2D eigenvalue weighted by atomic mass is 16.5. The van der Waals surface area contributed by atoms with Gasteiger partial charge in [-0.05, 0) is 25.1 Å². The Morgan fingerprint density at radius 1 is 1.24 bits per heavy atom. The zero-order valence-corrected chi connectivity index (χ0v) is 14.2. The number of rotatable bonds is 5. The molecule has 0 radical (unpaired) electrons. The molecule has 4 rings (SSSR count). The van der Waals surface area contributed by atoms with Gasteiger partial charge in [-0.25, -0.2) is 0 Å². The molecule has 2 aromatic heterocycles. The number of aromatic nitrogens is 4. The first kappa shape index (κ1) is 16.0. The maximum absolute atomic E-state index is 5.84. The van der Waals surface area contributed by atoms with Crippen LogP contribution in [0.3, 0.4) is 0 Å². The monoisotopic (exact) mass is 339 g/mol. The highest BCUT2D eigenvalue weighted by molar-refractivity contribution is 5.53. The molecule has 130 valence electrons. The molecule has 1 aromatic carbocycles. The summed E-state index contributed by atoms with van der Waals surface area (Å²) in [5, 5.41) is 8.36. The van der Waals surface area contributed by atoms with Crippen molar-refractivity contribution in [3.05, 3.63) is 54.1 Å². The zero-order valence-electron chi connectivity index (χ0n) is 14.2. The molecular formula is C18H21N5O2. The van der Waals surface area contributed by atoms with E-state index in [1.54, 1.807) is 6.20 Å². The fourth-order valence-electron chi connectivity index (χ4n) is 2.98. The molecule has 1 saturated heterocycles. The number of nitrogens with zero attached hydrogens (tertiary/aromatic N) is 5. The van der Waals surface area contributed by atoms with Crippen LogP contribution in [0.25, 0.3) is 11.5 Å². The van der Waals surface area contributed by atoms with Crippen LogP contribution in [0.5, 0.6) is 0 Å². The van der Waals surface area contributed by atoms with E-state index in [4.69, 9.17) is 9.26 Å². The first-order chi connectivity index (χ1) is 12.3. The highest BCUT2D eigenvalue weighted by Crippen LogP contribution is 2.18. The van der Waals surface area contributed by atoms with Crippen molar-refractivity contribution >= 4 is 0 Å². The molecule has 0 aliphatic carbocycles. The number of ether oxygens (including phenoxy) is 1. The number of morpholine rings is 1. The first-order valence-corrected chi connectivity index (χ1v) is 8.47. The van der Waals surface area contributed by atoms with Crippen molar-refractivity contribution in [3.8, 4) is 11.5 Å². The van der Waals surface area contributed by atoms with Crippen LogP contribution in [0, 0.1) is 6.92 Å². The lowest BCUT2D eigenvalue weighted by Crippen LogP contribution is -2.43. The molecule has 0 N–H and O–H groups in total. The van der Waals surface area contributed by atoms with Gasteiger partial charge in [0.05, 0.1) is 25.8 Å². The quantitative estimate of drug-likeness (QED) is 0.709. The van der Waals surface area contributed by atoms with Gasteiger partial charge in [-0.1, -0.05) is 22.9 Å². The molecule has 1 aliphatic rings. The normalized spacial score (nSPS) is 18.5. The summed E-state index contributed by atoms with van der Waals surface area (Å²) in [6.07, 6.45) is 3.86. The van der Waals surface area contributed by atoms with E-state index in [0.717, 1.165) is 25.2 Å². The Kier molecular flexibility index (Phi) is 4.58. The molecular weight excluding hydrogens is 318 g/mol. The predicted octanol–water partition coefficient (Wildman–Crippen LogP) is 2.14. The smallest absolute Gasteiger partial charge is 0.257 e. The summed E-state index contributed by atoms with van der Waals surface area (Å²) >= 11 is 0. The van der Waals surface area contributed by atoms with Crippen molar-refractivity contribution in [1.82, 2.24) is 24.8 Å². The summed E-state index contributed by atoms with van der Waals surface area (Å²) in [6, 6.07) is 10.0. The van der Waals surface area contributed by atoms with Crippen LogP contribution >= 0.6 is 0 Å². The third kappa shape index (κ3) is 3.94. The van der Waals surface area contributed by atoms with Crippen molar-refractivity contribution in [1.29, 1.82) is 0 Å². The highest BCUT2D eigenvalue weighted by Gasteiger charge is 2.22. The fourth-order valence-corrected chi connectivity index (χ4v) is 2.98. The van der Waals surface area contributed by atoms with Crippen LogP contribution in [-0.2, 0) is 17.8 Å². The Balaban J connectivity index is 1.37. The molecule has 3 heterocycles. The van der Waals surface area contributed by atoms with E-state index in [2.05, 4.69) is 27.1 Å². The van der Waals surface area contributed by atoms with E-state index in [1.807, 2.05) is 41.2 Å². The maximum Gasteiger partial charge on any atom is 0.257 e. The lowest BCUT2D eigenvalue weighted by Gasteiger charge is -2.31. The molecule has 7 nitrogen and oxygen atoms in total. The standard InChI is InChI=1S/C18H21N5O2/c1-14-3-5-15(6-4-14)18-20-17(21-25-18)13-22-9-10-24-16(11-22)12-23-8-2-7-19-23/h2-8,16H,9-13H2,1H3/t16-/m0/s1. The van der Waals surface area contributed by atoms with E-state index in [-0.39, 0.29) is 6.10 Å². The zero-order chi connectivity index (χ0) is 17.1. The van der Waals surface area contributed by atoms with Gasteiger partial charge < -0.3 is 9.26 Å². The van der Waals surface area contributed by atoms with E-state index in [1.165, 1.54) is 5.56 Å². The molecule has 0 bridgehead atoms. The second-order valence-corrected chi connectivity index (χ2v) is 6.34. The molecule has 7 heteroatoms. The van der Waals surface area contributed by atoms with Gasteiger partial charge in [0.2, 0.25) is 0 Å². The Morgan fingerprint density at radius 3 is 2.92 bits per heavy atom. The minimum atomic E-state index is 0.122. The molecule has 0 spiro atoms. The molecule has 0 saturated carbocycles. The van der Waals surface area contributed by atoms with Gasteiger partial charge in [-0.3, -0.25) is 9.58 Å². The van der Waals surface area contributed by atoms with Crippen LogP contribution < -0.4 is 0 Å². The fraction of sp³-hybridized carbons (Fsp3) is 0.389. The van der Waals surface area contributed by atoms with Crippen molar-refractivity contribution in [2.75, 3.05) is 19.7 Å². The average Bonchev–Trinajstić information content (AvgIpc) is 3.28. The molecule has 3 aromatic rings. The molecule has 1 atom stereocenters. The Labute approximate surface area is 146 Å². The van der Waals surface area contributed by atoms with Crippen LogP contribution in [0.15, 0.2) is 47.2 Å². The lowest BCUT2D eigenvalue weighted by molar-refractivity contribution is -0.0410. The van der Waals surface area contributed by atoms with Gasteiger partial charge in [-0.15, -0.1) is 0 Å². The first-order valence-electron chi connectivity index (χ1n) is 8.47. The van der Waals surface area contributed by atoms with Gasteiger partial charge in [0.15, 0.2) is 5.82 Å². The van der Waals surface area contributed by atoms with E-state index >= 15 is 0 Å². The molecule has 0 unspecified atom stereocenters. The number of aryl methyl sites for hydroxylation is 1. The predicted molar refractivity (Wildman–Crippen MR) is 91.7 cm³/mol. The van der Waals surface area contributed by atoms with Gasteiger partial charge in [0.25, 0.3) is 5.89 Å². The SMILES string of the molecule is Cc1ccc(-c2nc(CN3CCO[C@H](Cn4cccn4)C3)no2)cc1. The molecule has 1 fully saturated rings. The van der Waals surface area contributed by atoms with Crippen molar-refractivity contribution in [3.63, 3.8) is 0 Å². The summed E-state index contributed by atoms with van der Waals surface area (Å²) in [6.45, 7) is 5.87. The second kappa shape index (κ2) is 7.16. The second-order valence-electron chi connectivity index (χ2n) is 6.34. The van der Waals surface area contributed by atoms with Crippen LogP contribution in [0.2, 0.25) is 0 Å². The maximum atomic E-state index is 5.84. The van der Waals surface area contributed by atoms with Gasteiger partial charge >= 0.3 is 0 Å². The minimum Gasteiger partial charge on any atom is -0.374 e. The van der Waals surface area contributed by atoms with E-state index in [9.17, 15) is 0 Å². The van der Waals surface area contributed by atoms with Crippen LogP contribution in [0.4, 0.5) is 0 Å². The van der Waals surface area contributed by atoms with Crippen LogP contribution in [-0.4, -0.2) is 50.6 Å². The van der Waals surface area contributed by atoms with Crippen molar-refractivity contribution in [2.24, 2.45) is 0 Å². The van der Waals surface area contributed by atoms with E-state index in [0.29, 0.717) is 24.9 Å². The van der Waals surface area contributed by atoms with Gasteiger partial charge in [0.1, 0.15) is 0 Å². The van der Waals surface area contributed by atoms with Crippen LogP contribution in [0.1, 0.15) is 11.4 Å².